The molecule has 1 rings (SSSR count). The lowest BCUT2D eigenvalue weighted by atomic mass is 10.1. The molecule has 0 fully saturated rings. The minimum atomic E-state index is -0.492. The number of rotatable bonds is 4. The molecule has 0 bridgehead atoms. The number of aliphatic hydroxyl groups is 1. The molecule has 15 heavy (non-hydrogen) atoms. The molecule has 2 N–H and O–H groups in total. The standard InChI is InChI=1S/C11H15NO3/c1-8-3-4-10(15-2)9(5-8)6-12-11(14)7-13/h3-5,13H,6-7H2,1-2H3,(H,12,14). The summed E-state index contributed by atoms with van der Waals surface area (Å²) >= 11 is 0. The van der Waals surface area contributed by atoms with Crippen molar-refractivity contribution in [1.82, 2.24) is 5.32 Å². The van der Waals surface area contributed by atoms with Gasteiger partial charge in [-0.2, -0.15) is 0 Å². The van der Waals surface area contributed by atoms with Crippen molar-refractivity contribution >= 4 is 5.91 Å². The smallest absolute Gasteiger partial charge is 0.245 e. The van der Waals surface area contributed by atoms with Crippen LogP contribution >= 0.6 is 0 Å². The van der Waals surface area contributed by atoms with E-state index in [0.717, 1.165) is 16.9 Å². The summed E-state index contributed by atoms with van der Waals surface area (Å²) in [4.78, 5) is 10.9. The maximum atomic E-state index is 10.9. The molecule has 4 nitrogen and oxygen atoms in total. The van der Waals surface area contributed by atoms with Gasteiger partial charge in [-0.15, -0.1) is 0 Å². The first-order valence-corrected chi connectivity index (χ1v) is 4.68. The number of aliphatic hydroxyl groups excluding tert-OH is 1. The molecule has 0 saturated heterocycles. The predicted octanol–water partition coefficient (Wildman–Crippen LogP) is 0.612. The third-order valence-corrected chi connectivity index (χ3v) is 2.06. The lowest BCUT2D eigenvalue weighted by Gasteiger charge is -2.09. The Bertz CT molecular complexity index is 350. The summed E-state index contributed by atoms with van der Waals surface area (Å²) in [6, 6.07) is 5.74. The molecular weight excluding hydrogens is 194 g/mol. The van der Waals surface area contributed by atoms with E-state index in [9.17, 15) is 4.79 Å². The van der Waals surface area contributed by atoms with Crippen molar-refractivity contribution in [2.75, 3.05) is 13.7 Å². The lowest BCUT2D eigenvalue weighted by Crippen LogP contribution is -2.25. The highest BCUT2D eigenvalue weighted by atomic mass is 16.5. The molecule has 0 aromatic heterocycles. The molecule has 0 atom stereocenters. The molecule has 1 amide bonds. The molecule has 0 aliphatic rings. The van der Waals surface area contributed by atoms with Gasteiger partial charge in [0.25, 0.3) is 0 Å². The van der Waals surface area contributed by atoms with E-state index in [1.165, 1.54) is 0 Å². The monoisotopic (exact) mass is 209 g/mol. The van der Waals surface area contributed by atoms with E-state index in [1.807, 2.05) is 25.1 Å². The number of carbonyl (C=O) groups excluding carboxylic acids is 1. The number of amides is 1. The first kappa shape index (κ1) is 11.5. The van der Waals surface area contributed by atoms with Crippen molar-refractivity contribution in [2.45, 2.75) is 13.5 Å². The van der Waals surface area contributed by atoms with Crippen molar-refractivity contribution in [3.8, 4) is 5.75 Å². The summed E-state index contributed by atoms with van der Waals surface area (Å²) < 4.78 is 5.15. The number of methoxy groups -OCH3 is 1. The average molecular weight is 209 g/mol. The Labute approximate surface area is 88.9 Å². The highest BCUT2D eigenvalue weighted by molar-refractivity contribution is 5.76. The van der Waals surface area contributed by atoms with E-state index in [-0.39, 0.29) is 0 Å². The van der Waals surface area contributed by atoms with Gasteiger partial charge >= 0.3 is 0 Å². The molecule has 0 saturated carbocycles. The van der Waals surface area contributed by atoms with Crippen LogP contribution in [0.1, 0.15) is 11.1 Å². The largest absolute Gasteiger partial charge is 0.496 e. The van der Waals surface area contributed by atoms with Gasteiger partial charge in [0, 0.05) is 12.1 Å². The van der Waals surface area contributed by atoms with Gasteiger partial charge in [-0.25, -0.2) is 0 Å². The zero-order valence-electron chi connectivity index (χ0n) is 8.91. The molecule has 0 aliphatic carbocycles. The van der Waals surface area contributed by atoms with E-state index in [0.29, 0.717) is 6.54 Å². The normalized spacial score (nSPS) is 9.80. The fraction of sp³-hybridized carbons (Fsp3) is 0.364. The third-order valence-electron chi connectivity index (χ3n) is 2.06. The summed E-state index contributed by atoms with van der Waals surface area (Å²) in [6.45, 7) is 1.84. The maximum Gasteiger partial charge on any atom is 0.245 e. The molecule has 1 aromatic carbocycles. The lowest BCUT2D eigenvalue weighted by molar-refractivity contribution is -0.123. The second-order valence-electron chi connectivity index (χ2n) is 3.25. The first-order valence-electron chi connectivity index (χ1n) is 4.68. The van der Waals surface area contributed by atoms with Gasteiger partial charge in [-0.05, 0) is 13.0 Å². The molecule has 82 valence electrons. The van der Waals surface area contributed by atoms with Crippen molar-refractivity contribution < 1.29 is 14.6 Å². The highest BCUT2D eigenvalue weighted by Gasteiger charge is 2.04. The van der Waals surface area contributed by atoms with Crippen LogP contribution in [0.15, 0.2) is 18.2 Å². The molecule has 4 heteroatoms. The minimum absolute atomic E-state index is 0.365. The van der Waals surface area contributed by atoms with Crippen LogP contribution in [0.5, 0.6) is 5.75 Å². The maximum absolute atomic E-state index is 10.9. The number of nitrogens with one attached hydrogen (secondary N) is 1. The van der Waals surface area contributed by atoms with E-state index in [4.69, 9.17) is 9.84 Å². The summed E-state index contributed by atoms with van der Waals surface area (Å²) in [5, 5.41) is 11.1. The van der Waals surface area contributed by atoms with Crippen LogP contribution in [0, 0.1) is 6.92 Å². The summed E-state index contributed by atoms with van der Waals surface area (Å²) in [7, 11) is 1.59. The highest BCUT2D eigenvalue weighted by Crippen LogP contribution is 2.19. The summed E-state index contributed by atoms with van der Waals surface area (Å²) in [5.41, 5.74) is 2.00. The third kappa shape index (κ3) is 3.25. The van der Waals surface area contributed by atoms with Crippen LogP contribution in [0.2, 0.25) is 0 Å². The van der Waals surface area contributed by atoms with Gasteiger partial charge < -0.3 is 15.2 Å². The van der Waals surface area contributed by atoms with Crippen LogP contribution < -0.4 is 10.1 Å². The molecule has 0 aliphatic heterocycles. The van der Waals surface area contributed by atoms with Crippen molar-refractivity contribution in [1.29, 1.82) is 0 Å². The van der Waals surface area contributed by atoms with Crippen molar-refractivity contribution in [2.24, 2.45) is 0 Å². The Hall–Kier alpha value is -1.55. The second-order valence-corrected chi connectivity index (χ2v) is 3.25. The van der Waals surface area contributed by atoms with Crippen LogP contribution in [0.25, 0.3) is 0 Å². The number of ether oxygens (including phenoxy) is 1. The first-order chi connectivity index (χ1) is 7.17. The van der Waals surface area contributed by atoms with Crippen LogP contribution in [0.4, 0.5) is 0 Å². The quantitative estimate of drug-likeness (QED) is 0.764. The number of hydrogen-bond donors (Lipinski definition) is 2. The molecule has 1 aromatic rings. The van der Waals surface area contributed by atoms with Crippen LogP contribution in [-0.2, 0) is 11.3 Å². The van der Waals surface area contributed by atoms with Crippen LogP contribution in [0.3, 0.4) is 0 Å². The number of aryl methyl sites for hydroxylation is 1. The van der Waals surface area contributed by atoms with Gasteiger partial charge in [0.1, 0.15) is 12.4 Å². The van der Waals surface area contributed by atoms with E-state index in [2.05, 4.69) is 5.32 Å². The Kier molecular flexibility index (Phi) is 4.12. The minimum Gasteiger partial charge on any atom is -0.496 e. The Morgan fingerprint density at radius 3 is 2.87 bits per heavy atom. The molecule has 0 spiro atoms. The van der Waals surface area contributed by atoms with E-state index in [1.54, 1.807) is 7.11 Å². The zero-order chi connectivity index (χ0) is 11.3. The van der Waals surface area contributed by atoms with Gasteiger partial charge in [0.2, 0.25) is 5.91 Å². The SMILES string of the molecule is COc1ccc(C)cc1CNC(=O)CO. The van der Waals surface area contributed by atoms with Crippen molar-refractivity contribution in [3.63, 3.8) is 0 Å². The number of benzene rings is 1. The molecule has 0 heterocycles. The van der Waals surface area contributed by atoms with Gasteiger partial charge in [0.15, 0.2) is 0 Å². The fourth-order valence-corrected chi connectivity index (χ4v) is 1.30. The Morgan fingerprint density at radius 1 is 1.53 bits per heavy atom. The van der Waals surface area contributed by atoms with Gasteiger partial charge in [-0.3, -0.25) is 4.79 Å². The van der Waals surface area contributed by atoms with Crippen LogP contribution in [-0.4, -0.2) is 24.7 Å². The average Bonchev–Trinajstić information content (AvgIpc) is 2.26. The number of hydrogen-bond acceptors (Lipinski definition) is 3. The fourth-order valence-electron chi connectivity index (χ4n) is 1.30. The summed E-state index contributed by atoms with van der Waals surface area (Å²) in [5.74, 6) is 0.345. The Balaban J connectivity index is 2.74. The molecular formula is C11H15NO3. The topological polar surface area (TPSA) is 58.6 Å². The van der Waals surface area contributed by atoms with Crippen molar-refractivity contribution in [3.05, 3.63) is 29.3 Å². The summed E-state index contributed by atoms with van der Waals surface area (Å²) in [6.07, 6.45) is 0. The second kappa shape index (κ2) is 5.36. The molecule has 0 unspecified atom stereocenters. The Morgan fingerprint density at radius 2 is 2.27 bits per heavy atom. The van der Waals surface area contributed by atoms with E-state index < -0.39 is 12.5 Å². The number of carbonyl (C=O) groups is 1. The predicted molar refractivity (Wildman–Crippen MR) is 56.7 cm³/mol. The molecule has 0 radical (unpaired) electrons. The van der Waals surface area contributed by atoms with Gasteiger partial charge in [-0.1, -0.05) is 17.7 Å². The van der Waals surface area contributed by atoms with Gasteiger partial charge in [0.05, 0.1) is 7.11 Å². The zero-order valence-corrected chi connectivity index (χ0v) is 8.91. The van der Waals surface area contributed by atoms with E-state index >= 15 is 0 Å².